The van der Waals surface area contributed by atoms with Gasteiger partial charge in [-0.2, -0.15) is 0 Å². The van der Waals surface area contributed by atoms with Crippen molar-refractivity contribution in [2.75, 3.05) is 17.1 Å². The molecule has 7 nitrogen and oxygen atoms in total. The largest absolute Gasteiger partial charge is 0.350 e. The molecule has 0 radical (unpaired) electrons. The van der Waals surface area contributed by atoms with Crippen LogP contribution in [-0.4, -0.2) is 49.5 Å². The fourth-order valence-corrected chi connectivity index (χ4v) is 4.73. The van der Waals surface area contributed by atoms with Crippen molar-refractivity contribution >= 4 is 27.5 Å². The summed E-state index contributed by atoms with van der Waals surface area (Å²) in [6, 6.07) is 12.6. The minimum atomic E-state index is -3.57. The smallest absolute Gasteiger partial charge is 0.242 e. The second-order valence-electron chi connectivity index (χ2n) is 9.99. The number of hydrogen-bond acceptors (Lipinski definition) is 4. The van der Waals surface area contributed by atoms with Crippen LogP contribution in [0.3, 0.4) is 0 Å². The normalized spacial score (nSPS) is 12.6. The number of carbonyl (C=O) groups excluding carboxylic acids is 2. The van der Waals surface area contributed by atoms with Crippen LogP contribution in [0.15, 0.2) is 48.5 Å². The molecule has 36 heavy (non-hydrogen) atoms. The average molecular weight is 520 g/mol. The second kappa shape index (κ2) is 12.3. The van der Waals surface area contributed by atoms with Gasteiger partial charge in [0.05, 0.1) is 11.9 Å². The minimum Gasteiger partial charge on any atom is -0.350 e. The summed E-state index contributed by atoms with van der Waals surface area (Å²) in [6.45, 7) is 9.18. The molecule has 1 atom stereocenters. The van der Waals surface area contributed by atoms with E-state index in [2.05, 4.69) is 5.32 Å². The van der Waals surface area contributed by atoms with Gasteiger partial charge in [0, 0.05) is 30.6 Å². The predicted molar refractivity (Wildman–Crippen MR) is 142 cm³/mol. The van der Waals surface area contributed by atoms with Gasteiger partial charge >= 0.3 is 0 Å². The Balaban J connectivity index is 2.19. The van der Waals surface area contributed by atoms with E-state index in [1.165, 1.54) is 15.3 Å². The molecule has 0 heterocycles. The fourth-order valence-electron chi connectivity index (χ4n) is 3.77. The van der Waals surface area contributed by atoms with Gasteiger partial charge in [-0.1, -0.05) is 37.3 Å². The van der Waals surface area contributed by atoms with Crippen molar-refractivity contribution in [3.8, 4) is 0 Å². The standard InChI is InChI=1S/C27H38FN3O4S/c1-7-21-14-16-23(17-15-21)31(36(6,34)35)18-10-13-25(32)30(19-22-11-8-9-12-24(22)28)20(2)26(33)29-27(3,4)5/h8-9,11-12,14-17,20H,7,10,13,18-19H2,1-6H3,(H,29,33)/t20-/m0/s1. The molecule has 0 fully saturated rings. The Kier molecular flexibility index (Phi) is 10.0. The zero-order chi connectivity index (χ0) is 27.1. The highest BCUT2D eigenvalue weighted by Crippen LogP contribution is 2.20. The number of hydrogen-bond donors (Lipinski definition) is 1. The molecule has 0 aliphatic heterocycles. The van der Waals surface area contributed by atoms with Crippen LogP contribution in [0.4, 0.5) is 10.1 Å². The molecular weight excluding hydrogens is 481 g/mol. The lowest BCUT2D eigenvalue weighted by atomic mass is 10.1. The predicted octanol–water partition coefficient (Wildman–Crippen LogP) is 4.27. The van der Waals surface area contributed by atoms with E-state index in [0.717, 1.165) is 18.2 Å². The third kappa shape index (κ3) is 8.62. The topological polar surface area (TPSA) is 86.8 Å². The lowest BCUT2D eigenvalue weighted by molar-refractivity contribution is -0.141. The monoisotopic (exact) mass is 519 g/mol. The van der Waals surface area contributed by atoms with Crippen molar-refractivity contribution in [1.29, 1.82) is 0 Å². The van der Waals surface area contributed by atoms with Crippen LogP contribution in [0.5, 0.6) is 0 Å². The van der Waals surface area contributed by atoms with Crippen LogP contribution in [0.1, 0.15) is 58.6 Å². The van der Waals surface area contributed by atoms with Gasteiger partial charge in [-0.15, -0.1) is 0 Å². The van der Waals surface area contributed by atoms with E-state index >= 15 is 0 Å². The lowest BCUT2D eigenvalue weighted by Crippen LogP contribution is -2.52. The SMILES string of the molecule is CCc1ccc(N(CCCC(=O)N(Cc2ccccc2F)[C@@H](C)C(=O)NC(C)(C)C)S(C)(=O)=O)cc1. The molecule has 2 aromatic carbocycles. The zero-order valence-electron chi connectivity index (χ0n) is 22.0. The number of aryl methyl sites for hydroxylation is 1. The summed E-state index contributed by atoms with van der Waals surface area (Å²) in [5.41, 5.74) is 1.42. The number of rotatable bonds is 11. The van der Waals surface area contributed by atoms with E-state index < -0.39 is 27.4 Å². The summed E-state index contributed by atoms with van der Waals surface area (Å²) >= 11 is 0. The number of nitrogens with one attached hydrogen (secondary N) is 1. The number of amides is 2. The van der Waals surface area contributed by atoms with Crippen molar-refractivity contribution in [2.45, 2.75) is 72.0 Å². The minimum absolute atomic E-state index is 0.000649. The van der Waals surface area contributed by atoms with E-state index in [4.69, 9.17) is 0 Å². The first-order chi connectivity index (χ1) is 16.7. The molecule has 0 unspecified atom stereocenters. The van der Waals surface area contributed by atoms with Crippen molar-refractivity contribution in [1.82, 2.24) is 10.2 Å². The van der Waals surface area contributed by atoms with Gasteiger partial charge in [-0.3, -0.25) is 13.9 Å². The van der Waals surface area contributed by atoms with Crippen LogP contribution in [0.2, 0.25) is 0 Å². The molecule has 0 spiro atoms. The van der Waals surface area contributed by atoms with Crippen molar-refractivity contribution in [3.63, 3.8) is 0 Å². The van der Waals surface area contributed by atoms with Crippen LogP contribution >= 0.6 is 0 Å². The third-order valence-corrected chi connectivity index (χ3v) is 6.94. The quantitative estimate of drug-likeness (QED) is 0.481. The Labute approximate surface area is 214 Å². The summed E-state index contributed by atoms with van der Waals surface area (Å²) in [7, 11) is -3.57. The van der Waals surface area contributed by atoms with Crippen LogP contribution in [0.25, 0.3) is 0 Å². The van der Waals surface area contributed by atoms with Crippen molar-refractivity contribution in [3.05, 3.63) is 65.5 Å². The van der Waals surface area contributed by atoms with Gasteiger partial charge in [-0.25, -0.2) is 12.8 Å². The second-order valence-corrected chi connectivity index (χ2v) is 11.9. The maximum absolute atomic E-state index is 14.4. The molecule has 2 rings (SSSR count). The number of benzene rings is 2. The first-order valence-corrected chi connectivity index (χ1v) is 14.0. The Bertz CT molecular complexity index is 1140. The van der Waals surface area contributed by atoms with Gasteiger partial charge in [-0.05, 0) is 64.3 Å². The van der Waals surface area contributed by atoms with Gasteiger partial charge in [0.2, 0.25) is 21.8 Å². The molecule has 198 valence electrons. The Morgan fingerprint density at radius 1 is 1.06 bits per heavy atom. The zero-order valence-corrected chi connectivity index (χ0v) is 22.9. The van der Waals surface area contributed by atoms with Gasteiger partial charge in [0.25, 0.3) is 0 Å². The van der Waals surface area contributed by atoms with Crippen molar-refractivity contribution in [2.24, 2.45) is 0 Å². The Morgan fingerprint density at radius 3 is 2.19 bits per heavy atom. The van der Waals surface area contributed by atoms with Crippen LogP contribution in [-0.2, 0) is 32.6 Å². The number of carbonyl (C=O) groups is 2. The van der Waals surface area contributed by atoms with E-state index in [0.29, 0.717) is 11.3 Å². The van der Waals surface area contributed by atoms with E-state index in [9.17, 15) is 22.4 Å². The molecule has 2 aromatic rings. The summed E-state index contributed by atoms with van der Waals surface area (Å²) in [6.07, 6.45) is 2.21. The average Bonchev–Trinajstić information content (AvgIpc) is 2.79. The summed E-state index contributed by atoms with van der Waals surface area (Å²) < 4.78 is 40.5. The molecule has 2 amide bonds. The Hall–Kier alpha value is -2.94. The molecule has 0 saturated heterocycles. The number of sulfonamides is 1. The van der Waals surface area contributed by atoms with Crippen LogP contribution in [0, 0.1) is 5.82 Å². The van der Waals surface area contributed by atoms with Crippen LogP contribution < -0.4 is 9.62 Å². The van der Waals surface area contributed by atoms with E-state index in [1.54, 1.807) is 37.3 Å². The lowest BCUT2D eigenvalue weighted by Gasteiger charge is -2.32. The molecule has 1 N–H and O–H groups in total. The first kappa shape index (κ1) is 29.3. The molecule has 0 aliphatic carbocycles. The molecule has 0 aromatic heterocycles. The molecule has 9 heteroatoms. The highest BCUT2D eigenvalue weighted by atomic mass is 32.2. The summed E-state index contributed by atoms with van der Waals surface area (Å²) in [4.78, 5) is 27.5. The fraction of sp³-hybridized carbons (Fsp3) is 0.481. The maximum Gasteiger partial charge on any atom is 0.242 e. The maximum atomic E-state index is 14.4. The molecular formula is C27H38FN3O4S. The molecule has 0 saturated carbocycles. The van der Waals surface area contributed by atoms with Gasteiger partial charge in [0.1, 0.15) is 11.9 Å². The van der Waals surface area contributed by atoms with E-state index in [-0.39, 0.29) is 37.7 Å². The molecule has 0 bridgehead atoms. The summed E-state index contributed by atoms with van der Waals surface area (Å²) in [5.74, 6) is -1.16. The number of anilines is 1. The molecule has 0 aliphatic rings. The summed E-state index contributed by atoms with van der Waals surface area (Å²) in [5, 5.41) is 2.87. The highest BCUT2D eigenvalue weighted by molar-refractivity contribution is 7.92. The Morgan fingerprint density at radius 2 is 1.67 bits per heavy atom. The third-order valence-electron chi connectivity index (χ3n) is 5.75. The van der Waals surface area contributed by atoms with Crippen molar-refractivity contribution < 1.29 is 22.4 Å². The highest BCUT2D eigenvalue weighted by Gasteiger charge is 2.29. The van der Waals surface area contributed by atoms with Gasteiger partial charge in [0.15, 0.2) is 0 Å². The van der Waals surface area contributed by atoms with Gasteiger partial charge < -0.3 is 10.2 Å². The number of halogens is 1. The van der Waals surface area contributed by atoms with E-state index in [1.807, 2.05) is 39.8 Å². The number of nitrogens with zero attached hydrogens (tertiary/aromatic N) is 2. The first-order valence-electron chi connectivity index (χ1n) is 12.1.